The molecule has 1 heterocycles. The molecule has 3 atom stereocenters. The van der Waals surface area contributed by atoms with Gasteiger partial charge >= 0.3 is 5.97 Å². The largest absolute Gasteiger partial charge is 0.493 e. The van der Waals surface area contributed by atoms with Crippen LogP contribution in [0, 0.1) is 19.8 Å². The summed E-state index contributed by atoms with van der Waals surface area (Å²) < 4.78 is 17.3. The van der Waals surface area contributed by atoms with Gasteiger partial charge in [0.2, 0.25) is 11.5 Å². The quantitative estimate of drug-likeness (QED) is 0.631. The first-order valence-corrected chi connectivity index (χ1v) is 10.4. The lowest BCUT2D eigenvalue weighted by Crippen LogP contribution is -2.43. The van der Waals surface area contributed by atoms with Gasteiger partial charge < -0.3 is 14.2 Å². The molecule has 0 spiro atoms. The van der Waals surface area contributed by atoms with E-state index in [0.29, 0.717) is 35.6 Å². The molecule has 2 aromatic carbocycles. The molecular formula is C24H23ClO5. The molecule has 156 valence electrons. The van der Waals surface area contributed by atoms with Gasteiger partial charge in [0.05, 0.1) is 11.5 Å². The molecule has 0 bridgehead atoms. The molecule has 0 N–H and O–H groups in total. The lowest BCUT2D eigenvalue weighted by Gasteiger charge is -2.36. The highest BCUT2D eigenvalue weighted by Crippen LogP contribution is 2.36. The number of ketones is 1. The number of allylic oxidation sites excluding steroid dienone is 1. The van der Waals surface area contributed by atoms with E-state index in [1.807, 2.05) is 32.0 Å². The summed E-state index contributed by atoms with van der Waals surface area (Å²) in [6, 6.07) is 12.4. The van der Waals surface area contributed by atoms with Crippen molar-refractivity contribution in [1.82, 2.24) is 0 Å². The Morgan fingerprint density at radius 3 is 2.63 bits per heavy atom. The van der Waals surface area contributed by atoms with Crippen molar-refractivity contribution in [2.45, 2.75) is 45.3 Å². The molecule has 5 nitrogen and oxygen atoms in total. The van der Waals surface area contributed by atoms with Gasteiger partial charge in [0, 0.05) is 11.4 Å². The SMILES string of the molecule is Cc1ccc(C)c(OC2=COC3CC(OC(=O)c4ccc(Cl)cc4)CCC3C2=O)c1. The van der Waals surface area contributed by atoms with Gasteiger partial charge in [0.1, 0.15) is 24.2 Å². The number of ether oxygens (including phenoxy) is 3. The molecular weight excluding hydrogens is 404 g/mol. The van der Waals surface area contributed by atoms with Crippen LogP contribution in [-0.4, -0.2) is 24.0 Å². The van der Waals surface area contributed by atoms with Crippen molar-refractivity contribution in [2.24, 2.45) is 5.92 Å². The second kappa shape index (κ2) is 8.52. The molecule has 1 saturated carbocycles. The van der Waals surface area contributed by atoms with Gasteiger partial charge in [-0.15, -0.1) is 0 Å². The van der Waals surface area contributed by atoms with Crippen molar-refractivity contribution in [1.29, 1.82) is 0 Å². The van der Waals surface area contributed by atoms with E-state index in [2.05, 4.69) is 0 Å². The molecule has 1 fully saturated rings. The average Bonchev–Trinajstić information content (AvgIpc) is 2.73. The maximum Gasteiger partial charge on any atom is 0.338 e. The number of aryl methyl sites for hydroxylation is 2. The number of rotatable bonds is 4. The number of Topliss-reactive ketones (excluding diaryl/α,β-unsaturated/α-hetero) is 1. The van der Waals surface area contributed by atoms with E-state index in [1.54, 1.807) is 24.3 Å². The Balaban J connectivity index is 1.40. The molecule has 30 heavy (non-hydrogen) atoms. The Bertz CT molecular complexity index is 995. The summed E-state index contributed by atoms with van der Waals surface area (Å²) in [6.45, 7) is 3.91. The van der Waals surface area contributed by atoms with Crippen LogP contribution in [0.5, 0.6) is 5.75 Å². The summed E-state index contributed by atoms with van der Waals surface area (Å²) >= 11 is 5.86. The summed E-state index contributed by atoms with van der Waals surface area (Å²) in [4.78, 5) is 25.3. The zero-order valence-corrected chi connectivity index (χ0v) is 17.6. The fourth-order valence-corrected chi connectivity index (χ4v) is 3.98. The lowest BCUT2D eigenvalue weighted by molar-refractivity contribution is -0.132. The Labute approximate surface area is 180 Å². The molecule has 0 radical (unpaired) electrons. The number of hydrogen-bond acceptors (Lipinski definition) is 5. The fraction of sp³-hybridized carbons (Fsp3) is 0.333. The first-order valence-electron chi connectivity index (χ1n) is 10.0. The van der Waals surface area contributed by atoms with Crippen molar-refractivity contribution in [3.8, 4) is 5.75 Å². The van der Waals surface area contributed by atoms with E-state index in [1.165, 1.54) is 6.26 Å². The monoisotopic (exact) mass is 426 g/mol. The Morgan fingerprint density at radius 1 is 1.10 bits per heavy atom. The van der Waals surface area contributed by atoms with Gasteiger partial charge in [0.15, 0.2) is 0 Å². The number of hydrogen-bond donors (Lipinski definition) is 0. The molecule has 0 saturated heterocycles. The second-order valence-corrected chi connectivity index (χ2v) is 8.28. The third-order valence-electron chi connectivity index (χ3n) is 5.59. The van der Waals surface area contributed by atoms with Crippen molar-refractivity contribution >= 4 is 23.4 Å². The van der Waals surface area contributed by atoms with Crippen molar-refractivity contribution in [2.75, 3.05) is 0 Å². The molecule has 3 unspecified atom stereocenters. The number of carbonyl (C=O) groups is 2. The Hall–Kier alpha value is -2.79. The maximum absolute atomic E-state index is 12.9. The highest BCUT2D eigenvalue weighted by Gasteiger charge is 2.42. The fourth-order valence-electron chi connectivity index (χ4n) is 3.86. The highest BCUT2D eigenvalue weighted by molar-refractivity contribution is 6.30. The Morgan fingerprint density at radius 2 is 1.87 bits per heavy atom. The van der Waals surface area contributed by atoms with Crippen LogP contribution < -0.4 is 4.74 Å². The predicted molar refractivity (Wildman–Crippen MR) is 113 cm³/mol. The smallest absolute Gasteiger partial charge is 0.338 e. The summed E-state index contributed by atoms with van der Waals surface area (Å²) in [6.07, 6.45) is 2.44. The number of esters is 1. The third-order valence-corrected chi connectivity index (χ3v) is 5.84. The van der Waals surface area contributed by atoms with Gasteiger partial charge in [0.25, 0.3) is 0 Å². The lowest BCUT2D eigenvalue weighted by atomic mass is 9.80. The number of benzene rings is 2. The minimum absolute atomic E-state index is 0.0605. The van der Waals surface area contributed by atoms with Crippen LogP contribution in [0.2, 0.25) is 5.02 Å². The molecule has 4 rings (SSSR count). The summed E-state index contributed by atoms with van der Waals surface area (Å²) in [5, 5.41) is 0.562. The van der Waals surface area contributed by atoms with E-state index in [0.717, 1.165) is 11.1 Å². The normalized spacial score (nSPS) is 23.1. The maximum atomic E-state index is 12.9. The van der Waals surface area contributed by atoms with Crippen LogP contribution >= 0.6 is 11.6 Å². The molecule has 0 amide bonds. The molecule has 0 aromatic heterocycles. The minimum atomic E-state index is -0.397. The van der Waals surface area contributed by atoms with Crippen molar-refractivity contribution in [3.05, 3.63) is 76.2 Å². The van der Waals surface area contributed by atoms with Gasteiger partial charge in [-0.2, -0.15) is 0 Å². The second-order valence-electron chi connectivity index (χ2n) is 7.85. The molecule has 6 heteroatoms. The molecule has 2 aromatic rings. The number of carbonyl (C=O) groups excluding carboxylic acids is 2. The van der Waals surface area contributed by atoms with Crippen molar-refractivity contribution < 1.29 is 23.8 Å². The van der Waals surface area contributed by atoms with E-state index < -0.39 is 5.97 Å². The first-order chi connectivity index (χ1) is 14.4. The summed E-state index contributed by atoms with van der Waals surface area (Å²) in [7, 11) is 0. The van der Waals surface area contributed by atoms with Gasteiger partial charge in [-0.1, -0.05) is 23.7 Å². The highest BCUT2D eigenvalue weighted by atomic mass is 35.5. The summed E-state index contributed by atoms with van der Waals surface area (Å²) in [5.41, 5.74) is 2.46. The number of fused-ring (bicyclic) bond motifs is 1. The van der Waals surface area contributed by atoms with E-state index in [-0.39, 0.29) is 29.7 Å². The van der Waals surface area contributed by atoms with Crippen LogP contribution in [0.3, 0.4) is 0 Å². The minimum Gasteiger partial charge on any atom is -0.493 e. The van der Waals surface area contributed by atoms with Gasteiger partial charge in [-0.3, -0.25) is 4.79 Å². The van der Waals surface area contributed by atoms with Crippen LogP contribution in [-0.2, 0) is 14.3 Å². The predicted octanol–water partition coefficient (Wildman–Crippen LogP) is 5.17. The topological polar surface area (TPSA) is 61.8 Å². The van der Waals surface area contributed by atoms with Crippen LogP contribution in [0.15, 0.2) is 54.5 Å². The van der Waals surface area contributed by atoms with E-state index in [4.69, 9.17) is 25.8 Å². The summed E-state index contributed by atoms with van der Waals surface area (Å²) in [5.74, 6) is 0.130. The third kappa shape index (κ3) is 4.36. The molecule has 1 aliphatic heterocycles. The zero-order chi connectivity index (χ0) is 21.3. The Kier molecular flexibility index (Phi) is 5.82. The molecule has 2 aliphatic rings. The standard InChI is InChI=1S/C24H23ClO5/c1-14-3-4-15(2)20(11-14)30-22-13-28-21-12-18(9-10-19(21)23(22)26)29-24(27)16-5-7-17(25)8-6-16/h3-8,11,13,18-19,21H,9-10,12H2,1-2H3. The van der Waals surface area contributed by atoms with E-state index in [9.17, 15) is 9.59 Å². The average molecular weight is 427 g/mol. The van der Waals surface area contributed by atoms with Gasteiger partial charge in [-0.25, -0.2) is 4.79 Å². The molecule has 1 aliphatic carbocycles. The van der Waals surface area contributed by atoms with Crippen LogP contribution in [0.4, 0.5) is 0 Å². The first kappa shape index (κ1) is 20.5. The van der Waals surface area contributed by atoms with Crippen molar-refractivity contribution in [3.63, 3.8) is 0 Å². The van der Waals surface area contributed by atoms with Crippen LogP contribution in [0.25, 0.3) is 0 Å². The van der Waals surface area contributed by atoms with Crippen LogP contribution in [0.1, 0.15) is 40.7 Å². The number of halogens is 1. The van der Waals surface area contributed by atoms with E-state index >= 15 is 0 Å². The zero-order valence-electron chi connectivity index (χ0n) is 16.9. The van der Waals surface area contributed by atoms with Gasteiger partial charge in [-0.05, 0) is 68.1 Å².